The van der Waals surface area contributed by atoms with E-state index in [4.69, 9.17) is 4.74 Å². The van der Waals surface area contributed by atoms with Gasteiger partial charge in [-0.25, -0.2) is 0 Å². The smallest absolute Gasteiger partial charge is 0.270 e. The van der Waals surface area contributed by atoms with Crippen LogP contribution in [0.5, 0.6) is 5.75 Å². The van der Waals surface area contributed by atoms with Crippen molar-refractivity contribution < 1.29 is 19.2 Å². The Morgan fingerprint density at radius 2 is 1.71 bits per heavy atom. The molecule has 8 nitrogen and oxygen atoms in total. The highest BCUT2D eigenvalue weighted by atomic mass is 16.6. The van der Waals surface area contributed by atoms with Gasteiger partial charge < -0.3 is 15.4 Å². The summed E-state index contributed by atoms with van der Waals surface area (Å²) in [5.74, 6) is -0.147. The Kier molecular flexibility index (Phi) is 6.95. The highest BCUT2D eigenvalue weighted by molar-refractivity contribution is 6.09. The van der Waals surface area contributed by atoms with E-state index in [0.717, 1.165) is 11.3 Å². The zero-order valence-corrected chi connectivity index (χ0v) is 16.8. The van der Waals surface area contributed by atoms with Gasteiger partial charge in [0.05, 0.1) is 22.8 Å². The van der Waals surface area contributed by atoms with Gasteiger partial charge in [-0.05, 0) is 42.8 Å². The number of anilines is 1. The van der Waals surface area contributed by atoms with Gasteiger partial charge in [-0.15, -0.1) is 0 Å². The maximum atomic E-state index is 12.7. The highest BCUT2D eigenvalue weighted by Gasteiger charge is 2.16. The summed E-state index contributed by atoms with van der Waals surface area (Å²) in [6, 6.07) is 19.3. The van der Waals surface area contributed by atoms with E-state index in [1.54, 1.807) is 24.3 Å². The molecular formula is C23H21N3O5. The van der Waals surface area contributed by atoms with Crippen LogP contribution in [-0.2, 0) is 6.54 Å². The van der Waals surface area contributed by atoms with Crippen molar-refractivity contribution in [2.45, 2.75) is 13.5 Å². The summed E-state index contributed by atoms with van der Waals surface area (Å²) in [5, 5.41) is 16.4. The Morgan fingerprint density at radius 1 is 0.968 bits per heavy atom. The quantitative estimate of drug-likeness (QED) is 0.420. The highest BCUT2D eigenvalue weighted by Crippen LogP contribution is 2.19. The van der Waals surface area contributed by atoms with E-state index in [0.29, 0.717) is 18.8 Å². The second kappa shape index (κ2) is 10.0. The minimum atomic E-state index is -0.570. The zero-order chi connectivity index (χ0) is 22.2. The molecule has 0 radical (unpaired) electrons. The number of nitro benzene ring substituents is 1. The third kappa shape index (κ3) is 5.66. The lowest BCUT2D eigenvalue weighted by Gasteiger charge is -2.12. The molecule has 8 heteroatoms. The summed E-state index contributed by atoms with van der Waals surface area (Å²) in [7, 11) is 0. The van der Waals surface area contributed by atoms with Crippen molar-refractivity contribution in [2.75, 3.05) is 11.9 Å². The molecule has 0 bridgehead atoms. The first-order valence-corrected chi connectivity index (χ1v) is 9.62. The second-order valence-corrected chi connectivity index (χ2v) is 6.57. The molecule has 0 saturated heterocycles. The number of carbonyl (C=O) groups excluding carboxylic acids is 2. The van der Waals surface area contributed by atoms with Gasteiger partial charge in [0.15, 0.2) is 0 Å². The Labute approximate surface area is 179 Å². The van der Waals surface area contributed by atoms with Crippen molar-refractivity contribution >= 4 is 23.2 Å². The molecule has 2 amide bonds. The Bertz CT molecular complexity index is 1100. The Balaban J connectivity index is 1.69. The molecular weight excluding hydrogens is 398 g/mol. The predicted molar refractivity (Wildman–Crippen MR) is 116 cm³/mol. The molecule has 3 rings (SSSR count). The molecule has 0 aliphatic rings. The number of non-ortho nitro benzene ring substituents is 1. The number of rotatable bonds is 8. The lowest BCUT2D eigenvalue weighted by molar-refractivity contribution is -0.384. The number of carbonyl (C=O) groups is 2. The Morgan fingerprint density at radius 3 is 2.42 bits per heavy atom. The third-order valence-corrected chi connectivity index (χ3v) is 4.43. The zero-order valence-electron chi connectivity index (χ0n) is 16.8. The fraction of sp³-hybridized carbons (Fsp3) is 0.130. The first-order chi connectivity index (χ1) is 15.0. The van der Waals surface area contributed by atoms with E-state index in [1.165, 1.54) is 24.3 Å². The molecule has 0 atom stereocenters. The van der Waals surface area contributed by atoms with Crippen LogP contribution >= 0.6 is 0 Å². The summed E-state index contributed by atoms with van der Waals surface area (Å²) >= 11 is 0. The average molecular weight is 419 g/mol. The Hall–Kier alpha value is -4.20. The van der Waals surface area contributed by atoms with Crippen molar-refractivity contribution in [3.63, 3.8) is 0 Å². The summed E-state index contributed by atoms with van der Waals surface area (Å²) in [6.07, 6.45) is 0. The molecule has 0 spiro atoms. The number of para-hydroxylation sites is 1. The number of amides is 2. The summed E-state index contributed by atoms with van der Waals surface area (Å²) in [4.78, 5) is 35.6. The molecule has 31 heavy (non-hydrogen) atoms. The standard InChI is InChI=1S/C23H21N3O5/c1-2-31-19-12-10-16(11-13-19)15-24-23(28)20-8-3-4-9-21(20)25-22(27)17-6-5-7-18(14-17)26(29)30/h3-14H,2,15H2,1H3,(H,24,28)(H,25,27). The van der Waals surface area contributed by atoms with Crippen molar-refractivity contribution in [3.05, 3.63) is 99.6 Å². The number of nitrogens with zero attached hydrogens (tertiary/aromatic N) is 1. The van der Waals surface area contributed by atoms with Crippen LogP contribution in [0.25, 0.3) is 0 Å². The fourth-order valence-corrected chi connectivity index (χ4v) is 2.89. The van der Waals surface area contributed by atoms with E-state index in [9.17, 15) is 19.7 Å². The number of hydrogen-bond acceptors (Lipinski definition) is 5. The van der Waals surface area contributed by atoms with Crippen LogP contribution in [0.1, 0.15) is 33.2 Å². The van der Waals surface area contributed by atoms with E-state index >= 15 is 0 Å². The first kappa shape index (κ1) is 21.5. The monoisotopic (exact) mass is 419 g/mol. The number of ether oxygens (including phenoxy) is 1. The predicted octanol–water partition coefficient (Wildman–Crippen LogP) is 4.18. The molecule has 0 heterocycles. The van der Waals surface area contributed by atoms with Crippen LogP contribution < -0.4 is 15.4 Å². The van der Waals surface area contributed by atoms with Crippen molar-refractivity contribution in [1.29, 1.82) is 0 Å². The van der Waals surface area contributed by atoms with Crippen molar-refractivity contribution in [2.24, 2.45) is 0 Å². The normalized spacial score (nSPS) is 10.2. The number of nitrogens with one attached hydrogen (secondary N) is 2. The van der Waals surface area contributed by atoms with Crippen LogP contribution in [0.15, 0.2) is 72.8 Å². The topological polar surface area (TPSA) is 111 Å². The minimum absolute atomic E-state index is 0.124. The largest absolute Gasteiger partial charge is 0.494 e. The number of nitro groups is 1. The van der Waals surface area contributed by atoms with Crippen LogP contribution in [-0.4, -0.2) is 23.3 Å². The van der Waals surface area contributed by atoms with Gasteiger partial charge >= 0.3 is 0 Å². The number of hydrogen-bond donors (Lipinski definition) is 2. The molecule has 0 saturated carbocycles. The van der Waals surface area contributed by atoms with Gasteiger partial charge in [-0.2, -0.15) is 0 Å². The van der Waals surface area contributed by atoms with Gasteiger partial charge in [0.1, 0.15) is 5.75 Å². The SMILES string of the molecule is CCOc1ccc(CNC(=O)c2ccccc2NC(=O)c2cccc([N+](=O)[O-])c2)cc1. The van der Waals surface area contributed by atoms with Gasteiger partial charge in [0, 0.05) is 24.2 Å². The van der Waals surface area contributed by atoms with E-state index < -0.39 is 10.8 Å². The van der Waals surface area contributed by atoms with Crippen LogP contribution in [0.2, 0.25) is 0 Å². The third-order valence-electron chi connectivity index (χ3n) is 4.43. The molecule has 3 aromatic rings. The molecule has 0 aromatic heterocycles. The molecule has 0 unspecified atom stereocenters. The molecule has 0 fully saturated rings. The summed E-state index contributed by atoms with van der Waals surface area (Å²) in [5.41, 5.74) is 1.43. The second-order valence-electron chi connectivity index (χ2n) is 6.57. The van der Waals surface area contributed by atoms with E-state index in [1.807, 2.05) is 31.2 Å². The van der Waals surface area contributed by atoms with Gasteiger partial charge in [-0.3, -0.25) is 19.7 Å². The molecule has 0 aliphatic carbocycles. The van der Waals surface area contributed by atoms with Crippen LogP contribution in [0, 0.1) is 10.1 Å². The van der Waals surface area contributed by atoms with Gasteiger partial charge in [0.25, 0.3) is 17.5 Å². The molecule has 0 aliphatic heterocycles. The molecule has 158 valence electrons. The van der Waals surface area contributed by atoms with Gasteiger partial charge in [-0.1, -0.05) is 30.3 Å². The van der Waals surface area contributed by atoms with E-state index in [2.05, 4.69) is 10.6 Å². The summed E-state index contributed by atoms with van der Waals surface area (Å²) < 4.78 is 5.40. The lowest BCUT2D eigenvalue weighted by atomic mass is 10.1. The van der Waals surface area contributed by atoms with Crippen molar-refractivity contribution in [3.8, 4) is 5.75 Å². The first-order valence-electron chi connectivity index (χ1n) is 9.62. The molecule has 2 N–H and O–H groups in total. The summed E-state index contributed by atoms with van der Waals surface area (Å²) in [6.45, 7) is 2.79. The maximum absolute atomic E-state index is 12.7. The fourth-order valence-electron chi connectivity index (χ4n) is 2.89. The average Bonchev–Trinajstić information content (AvgIpc) is 2.79. The van der Waals surface area contributed by atoms with Crippen LogP contribution in [0.4, 0.5) is 11.4 Å². The van der Waals surface area contributed by atoms with Crippen LogP contribution in [0.3, 0.4) is 0 Å². The maximum Gasteiger partial charge on any atom is 0.270 e. The van der Waals surface area contributed by atoms with Crippen molar-refractivity contribution in [1.82, 2.24) is 5.32 Å². The lowest BCUT2D eigenvalue weighted by Crippen LogP contribution is -2.24. The number of benzene rings is 3. The van der Waals surface area contributed by atoms with E-state index in [-0.39, 0.29) is 22.7 Å². The molecule has 3 aromatic carbocycles. The minimum Gasteiger partial charge on any atom is -0.494 e. The van der Waals surface area contributed by atoms with Gasteiger partial charge in [0.2, 0.25) is 0 Å².